The van der Waals surface area contributed by atoms with Crippen molar-refractivity contribution in [3.8, 4) is 11.6 Å². The average molecular weight is 349 g/mol. The fraction of sp³-hybridized carbons (Fsp3) is 0.100. The number of benzene rings is 2. The van der Waals surface area contributed by atoms with Gasteiger partial charge in [0.2, 0.25) is 11.7 Å². The van der Waals surface area contributed by atoms with Crippen molar-refractivity contribution in [2.24, 2.45) is 0 Å². The van der Waals surface area contributed by atoms with E-state index in [9.17, 15) is 4.39 Å². The first kappa shape index (κ1) is 16.2. The molecule has 2 aromatic heterocycles. The summed E-state index contributed by atoms with van der Waals surface area (Å²) in [5, 5.41) is 7.32. The summed E-state index contributed by atoms with van der Waals surface area (Å²) in [6.07, 6.45) is 1.56. The summed E-state index contributed by atoms with van der Waals surface area (Å²) < 4.78 is 23.8. The van der Waals surface area contributed by atoms with E-state index in [1.165, 1.54) is 12.1 Å². The Morgan fingerprint density at radius 3 is 2.42 bits per heavy atom. The Morgan fingerprint density at radius 2 is 1.69 bits per heavy atom. The third kappa shape index (κ3) is 3.55. The summed E-state index contributed by atoms with van der Waals surface area (Å²) in [6, 6.07) is 19.8. The van der Waals surface area contributed by atoms with Gasteiger partial charge in [-0.1, -0.05) is 47.6 Å². The topological polar surface area (TPSA) is 64.1 Å². The van der Waals surface area contributed by atoms with Crippen LogP contribution in [0.5, 0.6) is 0 Å². The van der Waals surface area contributed by atoms with Gasteiger partial charge in [-0.2, -0.15) is 4.98 Å². The van der Waals surface area contributed by atoms with Gasteiger partial charge in [-0.3, -0.25) is 5.32 Å². The standard InChI is InChI=1S/C20H16FN3O2/c21-16-10-8-15(9-11-16)19(14-5-2-1-3-6-14)22-13-18-23-20(24-26-18)17-7-4-12-25-17/h1-12,19,22H,13H2/t19-/m1/s1. The Kier molecular flexibility index (Phi) is 4.57. The number of nitrogens with one attached hydrogen (secondary N) is 1. The summed E-state index contributed by atoms with van der Waals surface area (Å²) in [5.74, 6) is 1.14. The summed E-state index contributed by atoms with van der Waals surface area (Å²) in [6.45, 7) is 0.366. The van der Waals surface area contributed by atoms with Gasteiger partial charge in [0, 0.05) is 0 Å². The number of furan rings is 1. The molecule has 0 bridgehead atoms. The summed E-state index contributed by atoms with van der Waals surface area (Å²) in [5.41, 5.74) is 2.01. The molecule has 6 heteroatoms. The first-order valence-corrected chi connectivity index (χ1v) is 8.20. The molecule has 4 rings (SSSR count). The van der Waals surface area contributed by atoms with Gasteiger partial charge in [0.05, 0.1) is 18.8 Å². The maximum Gasteiger partial charge on any atom is 0.241 e. The lowest BCUT2D eigenvalue weighted by Crippen LogP contribution is -2.22. The van der Waals surface area contributed by atoms with E-state index in [0.29, 0.717) is 24.0 Å². The Morgan fingerprint density at radius 1 is 0.923 bits per heavy atom. The smallest absolute Gasteiger partial charge is 0.241 e. The van der Waals surface area contributed by atoms with Crippen molar-refractivity contribution >= 4 is 0 Å². The Balaban J connectivity index is 1.54. The molecule has 0 aliphatic carbocycles. The molecule has 2 heterocycles. The van der Waals surface area contributed by atoms with Crippen molar-refractivity contribution in [2.75, 3.05) is 0 Å². The van der Waals surface area contributed by atoms with Crippen LogP contribution in [0.1, 0.15) is 23.1 Å². The van der Waals surface area contributed by atoms with Gasteiger partial charge in [0.15, 0.2) is 5.76 Å². The van der Waals surface area contributed by atoms with Gasteiger partial charge in [0.25, 0.3) is 0 Å². The van der Waals surface area contributed by atoms with Crippen molar-refractivity contribution < 1.29 is 13.3 Å². The maximum absolute atomic E-state index is 13.3. The minimum Gasteiger partial charge on any atom is -0.461 e. The summed E-state index contributed by atoms with van der Waals surface area (Å²) in [4.78, 5) is 4.33. The molecule has 0 spiro atoms. The molecule has 0 unspecified atom stereocenters. The number of hydrogen-bond donors (Lipinski definition) is 1. The Labute approximate surface area is 149 Å². The highest BCUT2D eigenvalue weighted by atomic mass is 19.1. The fourth-order valence-electron chi connectivity index (χ4n) is 2.75. The predicted molar refractivity (Wildman–Crippen MR) is 93.5 cm³/mol. The van der Waals surface area contributed by atoms with Crippen molar-refractivity contribution in [1.29, 1.82) is 0 Å². The largest absolute Gasteiger partial charge is 0.461 e. The minimum absolute atomic E-state index is 0.129. The van der Waals surface area contributed by atoms with Crippen molar-refractivity contribution in [3.63, 3.8) is 0 Å². The highest BCUT2D eigenvalue weighted by Gasteiger charge is 2.16. The van der Waals surface area contributed by atoms with E-state index in [-0.39, 0.29) is 11.9 Å². The Hall–Kier alpha value is -3.25. The van der Waals surface area contributed by atoms with Crippen molar-refractivity contribution in [1.82, 2.24) is 15.5 Å². The first-order chi connectivity index (χ1) is 12.8. The quantitative estimate of drug-likeness (QED) is 0.561. The van der Waals surface area contributed by atoms with Gasteiger partial charge in [-0.05, 0) is 35.4 Å². The molecule has 26 heavy (non-hydrogen) atoms. The lowest BCUT2D eigenvalue weighted by Gasteiger charge is -2.19. The lowest BCUT2D eigenvalue weighted by molar-refractivity contribution is 0.362. The zero-order valence-electron chi connectivity index (χ0n) is 13.8. The second-order valence-corrected chi connectivity index (χ2v) is 5.77. The number of halogens is 1. The molecule has 0 saturated heterocycles. The fourth-order valence-corrected chi connectivity index (χ4v) is 2.75. The molecule has 130 valence electrons. The van der Waals surface area contributed by atoms with Crippen LogP contribution in [0.2, 0.25) is 0 Å². The molecule has 0 fully saturated rings. The molecule has 0 aliphatic rings. The van der Waals surface area contributed by atoms with Crippen LogP contribution >= 0.6 is 0 Å². The average Bonchev–Trinajstić information content (AvgIpc) is 3.36. The molecule has 5 nitrogen and oxygen atoms in total. The molecule has 0 aliphatic heterocycles. The van der Waals surface area contributed by atoms with E-state index < -0.39 is 0 Å². The van der Waals surface area contributed by atoms with Gasteiger partial charge < -0.3 is 8.94 Å². The van der Waals surface area contributed by atoms with Crippen LogP contribution in [0.4, 0.5) is 4.39 Å². The highest BCUT2D eigenvalue weighted by Crippen LogP contribution is 2.23. The third-order valence-electron chi connectivity index (χ3n) is 4.00. The molecule has 2 aromatic carbocycles. The minimum atomic E-state index is -0.263. The van der Waals surface area contributed by atoms with Crippen molar-refractivity contribution in [2.45, 2.75) is 12.6 Å². The highest BCUT2D eigenvalue weighted by molar-refractivity contribution is 5.44. The maximum atomic E-state index is 13.3. The van der Waals surface area contributed by atoms with Crippen LogP contribution in [0.3, 0.4) is 0 Å². The van der Waals surface area contributed by atoms with E-state index >= 15 is 0 Å². The summed E-state index contributed by atoms with van der Waals surface area (Å²) >= 11 is 0. The van der Waals surface area contributed by atoms with E-state index in [2.05, 4.69) is 15.5 Å². The van der Waals surface area contributed by atoms with Gasteiger partial charge in [0.1, 0.15) is 5.82 Å². The lowest BCUT2D eigenvalue weighted by atomic mass is 9.98. The molecule has 4 aromatic rings. The van der Waals surface area contributed by atoms with Gasteiger partial charge >= 0.3 is 0 Å². The first-order valence-electron chi connectivity index (χ1n) is 8.20. The zero-order chi connectivity index (χ0) is 17.8. The molecule has 1 N–H and O–H groups in total. The predicted octanol–water partition coefficient (Wildman–Crippen LogP) is 4.35. The van der Waals surface area contributed by atoms with E-state index in [1.54, 1.807) is 30.5 Å². The molecule has 0 saturated carbocycles. The zero-order valence-corrected chi connectivity index (χ0v) is 13.8. The molecular weight excluding hydrogens is 333 g/mol. The van der Waals surface area contributed by atoms with Crippen LogP contribution in [0, 0.1) is 5.82 Å². The van der Waals surface area contributed by atoms with Crippen LogP contribution in [-0.4, -0.2) is 10.1 Å². The SMILES string of the molecule is Fc1ccc([C@H](NCc2nc(-c3ccco3)no2)c2ccccc2)cc1. The normalized spacial score (nSPS) is 12.2. The molecule has 0 amide bonds. The van der Waals surface area contributed by atoms with Crippen LogP contribution in [0.25, 0.3) is 11.6 Å². The molecular formula is C20H16FN3O2. The van der Waals surface area contributed by atoms with Crippen LogP contribution in [0.15, 0.2) is 81.9 Å². The van der Waals surface area contributed by atoms with E-state index in [4.69, 9.17) is 8.94 Å². The van der Waals surface area contributed by atoms with Crippen LogP contribution < -0.4 is 5.32 Å². The Bertz CT molecular complexity index is 950. The number of aromatic nitrogens is 2. The number of nitrogens with zero attached hydrogens (tertiary/aromatic N) is 2. The molecule has 0 radical (unpaired) electrons. The number of hydrogen-bond acceptors (Lipinski definition) is 5. The van der Waals surface area contributed by atoms with E-state index in [1.807, 2.05) is 30.3 Å². The molecule has 1 atom stereocenters. The van der Waals surface area contributed by atoms with E-state index in [0.717, 1.165) is 11.1 Å². The van der Waals surface area contributed by atoms with Gasteiger partial charge in [-0.15, -0.1) is 0 Å². The monoisotopic (exact) mass is 349 g/mol. The second kappa shape index (κ2) is 7.33. The third-order valence-corrected chi connectivity index (χ3v) is 4.00. The second-order valence-electron chi connectivity index (χ2n) is 5.77. The van der Waals surface area contributed by atoms with Crippen molar-refractivity contribution in [3.05, 3.63) is 95.8 Å². The summed E-state index contributed by atoms with van der Waals surface area (Å²) in [7, 11) is 0. The van der Waals surface area contributed by atoms with Gasteiger partial charge in [-0.25, -0.2) is 4.39 Å². The van der Waals surface area contributed by atoms with Crippen LogP contribution in [-0.2, 0) is 6.54 Å². The number of rotatable bonds is 6.